The molecule has 1 saturated carbocycles. The standard InChI is InChI=1S/C21H23N3O3/c1-13-3-5-15(6-4-13)19(16-7-8-16)24-21(27)20(26)23-18-11-9-17(10-12-18)22-14(2)25/h3-6,9-12,16,19H,7-8H2,1-2H3,(H,22,25)(H,23,26)(H,24,27). The van der Waals surface area contributed by atoms with Crippen molar-refractivity contribution < 1.29 is 14.4 Å². The molecule has 0 spiro atoms. The van der Waals surface area contributed by atoms with Crippen LogP contribution < -0.4 is 16.0 Å². The molecule has 3 N–H and O–H groups in total. The second kappa shape index (κ2) is 8.03. The molecule has 1 atom stereocenters. The summed E-state index contributed by atoms with van der Waals surface area (Å²) in [6.45, 7) is 3.43. The van der Waals surface area contributed by atoms with Crippen molar-refractivity contribution in [2.75, 3.05) is 10.6 Å². The van der Waals surface area contributed by atoms with Crippen LogP contribution in [-0.4, -0.2) is 17.7 Å². The van der Waals surface area contributed by atoms with Gasteiger partial charge >= 0.3 is 11.8 Å². The number of carbonyl (C=O) groups is 3. The SMILES string of the molecule is CC(=O)Nc1ccc(NC(=O)C(=O)NC(c2ccc(C)cc2)C2CC2)cc1. The molecular formula is C21H23N3O3. The van der Waals surface area contributed by atoms with E-state index in [-0.39, 0.29) is 11.9 Å². The highest BCUT2D eigenvalue weighted by Crippen LogP contribution is 2.41. The van der Waals surface area contributed by atoms with Crippen molar-refractivity contribution in [2.24, 2.45) is 5.92 Å². The minimum absolute atomic E-state index is 0.147. The van der Waals surface area contributed by atoms with Crippen molar-refractivity contribution >= 4 is 29.1 Å². The van der Waals surface area contributed by atoms with Crippen molar-refractivity contribution in [2.45, 2.75) is 32.7 Å². The van der Waals surface area contributed by atoms with E-state index in [1.54, 1.807) is 24.3 Å². The van der Waals surface area contributed by atoms with E-state index in [1.807, 2.05) is 31.2 Å². The number of hydrogen-bond acceptors (Lipinski definition) is 3. The Morgan fingerprint density at radius 1 is 0.852 bits per heavy atom. The second-order valence-electron chi connectivity index (χ2n) is 6.91. The van der Waals surface area contributed by atoms with Crippen LogP contribution in [0.2, 0.25) is 0 Å². The fourth-order valence-corrected chi connectivity index (χ4v) is 2.91. The van der Waals surface area contributed by atoms with Crippen LogP contribution in [0.4, 0.5) is 11.4 Å². The number of aryl methyl sites for hydroxylation is 1. The molecule has 2 aromatic rings. The van der Waals surface area contributed by atoms with Crippen molar-refractivity contribution in [1.29, 1.82) is 0 Å². The van der Waals surface area contributed by atoms with Crippen LogP contribution >= 0.6 is 0 Å². The van der Waals surface area contributed by atoms with E-state index in [1.165, 1.54) is 6.92 Å². The zero-order valence-electron chi connectivity index (χ0n) is 15.4. The first-order valence-corrected chi connectivity index (χ1v) is 8.98. The number of rotatable bonds is 5. The second-order valence-corrected chi connectivity index (χ2v) is 6.91. The minimum atomic E-state index is -0.708. The van der Waals surface area contributed by atoms with Crippen LogP contribution in [0.5, 0.6) is 0 Å². The monoisotopic (exact) mass is 365 g/mol. The Balaban J connectivity index is 1.61. The van der Waals surface area contributed by atoms with Crippen LogP contribution in [0, 0.1) is 12.8 Å². The summed E-state index contributed by atoms with van der Waals surface area (Å²) in [5.41, 5.74) is 3.28. The van der Waals surface area contributed by atoms with Crippen LogP contribution in [0.25, 0.3) is 0 Å². The molecule has 0 aromatic heterocycles. The third-order valence-electron chi connectivity index (χ3n) is 4.49. The maximum atomic E-state index is 12.4. The fraction of sp³-hybridized carbons (Fsp3) is 0.286. The normalized spacial score (nSPS) is 14.1. The summed E-state index contributed by atoms with van der Waals surface area (Å²) in [6.07, 6.45) is 2.09. The van der Waals surface area contributed by atoms with Crippen LogP contribution in [0.3, 0.4) is 0 Å². The lowest BCUT2D eigenvalue weighted by atomic mass is 10.0. The van der Waals surface area contributed by atoms with E-state index in [0.29, 0.717) is 17.3 Å². The highest BCUT2D eigenvalue weighted by molar-refractivity contribution is 6.39. The molecule has 0 saturated heterocycles. The Bertz CT molecular complexity index is 840. The number of nitrogens with one attached hydrogen (secondary N) is 3. The number of amides is 3. The fourth-order valence-electron chi connectivity index (χ4n) is 2.91. The Labute approximate surface area is 158 Å². The van der Waals surface area contributed by atoms with Gasteiger partial charge in [0.25, 0.3) is 0 Å². The largest absolute Gasteiger partial charge is 0.341 e. The molecule has 1 aliphatic carbocycles. The summed E-state index contributed by atoms with van der Waals surface area (Å²) < 4.78 is 0. The zero-order valence-corrected chi connectivity index (χ0v) is 15.4. The maximum absolute atomic E-state index is 12.4. The Morgan fingerprint density at radius 3 is 1.93 bits per heavy atom. The average Bonchev–Trinajstić information content (AvgIpc) is 3.46. The van der Waals surface area contributed by atoms with Crippen LogP contribution in [-0.2, 0) is 14.4 Å². The summed E-state index contributed by atoms with van der Waals surface area (Å²) in [5, 5.41) is 8.09. The van der Waals surface area contributed by atoms with Gasteiger partial charge in [-0.05, 0) is 55.5 Å². The molecule has 0 bridgehead atoms. The third kappa shape index (κ3) is 5.17. The van der Waals surface area contributed by atoms with E-state index in [9.17, 15) is 14.4 Å². The molecule has 6 nitrogen and oxygen atoms in total. The van der Waals surface area contributed by atoms with Gasteiger partial charge in [0.15, 0.2) is 0 Å². The van der Waals surface area contributed by atoms with Crippen molar-refractivity contribution in [3.8, 4) is 0 Å². The first kappa shape index (κ1) is 18.6. The summed E-state index contributed by atoms with van der Waals surface area (Å²) in [5.74, 6) is -1.16. The maximum Gasteiger partial charge on any atom is 0.313 e. The molecule has 0 heterocycles. The lowest BCUT2D eigenvalue weighted by molar-refractivity contribution is -0.136. The number of hydrogen-bond donors (Lipinski definition) is 3. The third-order valence-corrected chi connectivity index (χ3v) is 4.49. The van der Waals surface area contributed by atoms with Crippen molar-refractivity contribution in [3.63, 3.8) is 0 Å². The molecule has 1 fully saturated rings. The predicted molar refractivity (Wildman–Crippen MR) is 104 cm³/mol. The molecule has 27 heavy (non-hydrogen) atoms. The van der Waals surface area contributed by atoms with Gasteiger partial charge in [0.1, 0.15) is 0 Å². The van der Waals surface area contributed by atoms with Crippen LogP contribution in [0.15, 0.2) is 48.5 Å². The summed E-state index contributed by atoms with van der Waals surface area (Å²) in [6, 6.07) is 14.5. The molecule has 2 aromatic carbocycles. The summed E-state index contributed by atoms with van der Waals surface area (Å²) in [4.78, 5) is 35.6. The molecular weight excluding hydrogens is 342 g/mol. The van der Waals surface area contributed by atoms with E-state index in [0.717, 1.165) is 24.0 Å². The summed E-state index contributed by atoms with van der Waals surface area (Å²) in [7, 11) is 0. The van der Waals surface area contributed by atoms with Gasteiger partial charge in [-0.15, -0.1) is 0 Å². The van der Waals surface area contributed by atoms with Crippen LogP contribution in [0.1, 0.15) is 36.9 Å². The van der Waals surface area contributed by atoms with Crippen molar-refractivity contribution in [3.05, 3.63) is 59.7 Å². The topological polar surface area (TPSA) is 87.3 Å². The molecule has 140 valence electrons. The van der Waals surface area contributed by atoms with Gasteiger partial charge in [-0.1, -0.05) is 29.8 Å². The molecule has 3 rings (SSSR count). The number of carbonyl (C=O) groups excluding carboxylic acids is 3. The Hall–Kier alpha value is -3.15. The van der Waals surface area contributed by atoms with E-state index >= 15 is 0 Å². The Kier molecular flexibility index (Phi) is 5.54. The Morgan fingerprint density at radius 2 is 1.41 bits per heavy atom. The van der Waals surface area contributed by atoms with Crippen molar-refractivity contribution in [1.82, 2.24) is 5.32 Å². The highest BCUT2D eigenvalue weighted by atomic mass is 16.2. The zero-order chi connectivity index (χ0) is 19.4. The average molecular weight is 365 g/mol. The summed E-state index contributed by atoms with van der Waals surface area (Å²) >= 11 is 0. The first-order chi connectivity index (χ1) is 12.9. The highest BCUT2D eigenvalue weighted by Gasteiger charge is 2.34. The molecule has 3 amide bonds. The smallest absolute Gasteiger partial charge is 0.313 e. The van der Waals surface area contributed by atoms with E-state index in [2.05, 4.69) is 16.0 Å². The van der Waals surface area contributed by atoms with Gasteiger partial charge in [-0.25, -0.2) is 0 Å². The molecule has 0 radical (unpaired) electrons. The van der Waals surface area contributed by atoms with E-state index < -0.39 is 11.8 Å². The first-order valence-electron chi connectivity index (χ1n) is 8.98. The van der Waals surface area contributed by atoms with Gasteiger partial charge in [-0.2, -0.15) is 0 Å². The van der Waals surface area contributed by atoms with Gasteiger partial charge in [0.2, 0.25) is 5.91 Å². The predicted octanol–water partition coefficient (Wildman–Crippen LogP) is 3.16. The van der Waals surface area contributed by atoms with Gasteiger partial charge < -0.3 is 16.0 Å². The molecule has 1 aliphatic rings. The molecule has 1 unspecified atom stereocenters. The number of anilines is 2. The quantitative estimate of drug-likeness (QED) is 0.711. The van der Waals surface area contributed by atoms with Gasteiger partial charge in [0, 0.05) is 18.3 Å². The minimum Gasteiger partial charge on any atom is -0.341 e. The molecule has 6 heteroatoms. The number of benzene rings is 2. The van der Waals surface area contributed by atoms with Gasteiger partial charge in [0.05, 0.1) is 6.04 Å². The van der Waals surface area contributed by atoms with Gasteiger partial charge in [-0.3, -0.25) is 14.4 Å². The lowest BCUT2D eigenvalue weighted by Crippen LogP contribution is -2.38. The van der Waals surface area contributed by atoms with E-state index in [4.69, 9.17) is 0 Å². The lowest BCUT2D eigenvalue weighted by Gasteiger charge is -2.19. The molecule has 0 aliphatic heterocycles.